The second-order valence-electron chi connectivity index (χ2n) is 6.92. The Bertz CT molecular complexity index is 493. The molecule has 0 spiro atoms. The number of rotatable bonds is 3. The van der Waals surface area contributed by atoms with Crippen molar-refractivity contribution in [1.29, 1.82) is 0 Å². The topological polar surface area (TPSA) is 32.3 Å². The van der Waals surface area contributed by atoms with E-state index in [4.69, 9.17) is 0 Å². The Balaban J connectivity index is 1.88. The number of carbonyl (C=O) groups is 1. The molecular formula is C17H26N2OS. The van der Waals surface area contributed by atoms with Gasteiger partial charge in [-0.3, -0.25) is 10.1 Å². The van der Waals surface area contributed by atoms with Crippen molar-refractivity contribution in [3.63, 3.8) is 0 Å². The molecule has 4 heteroatoms. The fourth-order valence-corrected chi connectivity index (χ4v) is 4.34. The number of carbonyl (C=O) groups excluding carboxylic acids is 1. The van der Waals surface area contributed by atoms with Gasteiger partial charge in [0.2, 0.25) is 5.91 Å². The Labute approximate surface area is 131 Å². The van der Waals surface area contributed by atoms with Crippen LogP contribution >= 0.6 is 11.3 Å². The molecule has 1 saturated heterocycles. The first kappa shape index (κ1) is 15.0. The molecule has 2 aliphatic rings. The van der Waals surface area contributed by atoms with Gasteiger partial charge in [0, 0.05) is 6.04 Å². The average Bonchev–Trinajstić information content (AvgIpc) is 3.09. The number of thiophene rings is 1. The number of hydrogen-bond donors (Lipinski definition) is 1. The Kier molecular flexibility index (Phi) is 4.10. The van der Waals surface area contributed by atoms with E-state index in [1.807, 2.05) is 0 Å². The van der Waals surface area contributed by atoms with E-state index >= 15 is 0 Å². The van der Waals surface area contributed by atoms with E-state index in [9.17, 15) is 4.79 Å². The number of hydrogen-bond acceptors (Lipinski definition) is 3. The van der Waals surface area contributed by atoms with E-state index in [1.54, 1.807) is 11.3 Å². The second kappa shape index (κ2) is 5.73. The molecule has 1 aromatic rings. The molecule has 0 aromatic carbocycles. The Morgan fingerprint density at radius 3 is 2.67 bits per heavy atom. The summed E-state index contributed by atoms with van der Waals surface area (Å²) in [5.74, 6) is 1.10. The fourth-order valence-electron chi connectivity index (χ4n) is 3.66. The predicted octanol–water partition coefficient (Wildman–Crippen LogP) is 3.93. The first-order chi connectivity index (χ1) is 10.0. The zero-order valence-electron chi connectivity index (χ0n) is 13.3. The van der Waals surface area contributed by atoms with Crippen LogP contribution in [0, 0.1) is 5.92 Å². The van der Waals surface area contributed by atoms with Crippen LogP contribution in [-0.4, -0.2) is 22.4 Å². The summed E-state index contributed by atoms with van der Waals surface area (Å²) in [5.41, 5.74) is 0.833. The van der Waals surface area contributed by atoms with Crippen LogP contribution in [-0.2, 0) is 4.79 Å². The molecule has 1 aliphatic heterocycles. The van der Waals surface area contributed by atoms with E-state index in [0.29, 0.717) is 11.9 Å². The minimum Gasteiger partial charge on any atom is -0.318 e. The highest BCUT2D eigenvalue weighted by atomic mass is 32.1. The molecule has 3 rings (SSSR count). The van der Waals surface area contributed by atoms with Gasteiger partial charge in [0.25, 0.3) is 0 Å². The van der Waals surface area contributed by atoms with Crippen molar-refractivity contribution < 1.29 is 4.79 Å². The zero-order valence-corrected chi connectivity index (χ0v) is 14.1. The van der Waals surface area contributed by atoms with Crippen molar-refractivity contribution in [1.82, 2.24) is 10.2 Å². The smallest absolute Gasteiger partial charge is 0.244 e. The summed E-state index contributed by atoms with van der Waals surface area (Å²) in [6, 6.07) is 2.55. The van der Waals surface area contributed by atoms with Gasteiger partial charge >= 0.3 is 0 Å². The Morgan fingerprint density at radius 2 is 2.10 bits per heavy atom. The third kappa shape index (κ3) is 2.64. The van der Waals surface area contributed by atoms with Gasteiger partial charge in [-0.05, 0) is 67.3 Å². The molecular weight excluding hydrogens is 280 g/mol. The summed E-state index contributed by atoms with van der Waals surface area (Å²) < 4.78 is 0. The molecule has 0 radical (unpaired) electrons. The third-order valence-electron chi connectivity index (χ3n) is 5.38. The van der Waals surface area contributed by atoms with Gasteiger partial charge in [-0.25, -0.2) is 0 Å². The summed E-state index contributed by atoms with van der Waals surface area (Å²) >= 11 is 1.71. The van der Waals surface area contributed by atoms with Crippen LogP contribution in [0.3, 0.4) is 0 Å². The molecule has 1 aromatic heterocycles. The lowest BCUT2D eigenvalue weighted by molar-refractivity contribution is -0.136. The highest BCUT2D eigenvalue weighted by Crippen LogP contribution is 2.39. The number of nitrogens with one attached hydrogen (secondary N) is 1. The fraction of sp³-hybridized carbons (Fsp3) is 0.706. The maximum atomic E-state index is 13.0. The van der Waals surface area contributed by atoms with Crippen molar-refractivity contribution in [2.45, 2.75) is 70.6 Å². The first-order valence-electron chi connectivity index (χ1n) is 8.17. The van der Waals surface area contributed by atoms with E-state index in [1.165, 1.54) is 18.4 Å². The Morgan fingerprint density at radius 1 is 1.38 bits per heavy atom. The molecule has 0 bridgehead atoms. The monoisotopic (exact) mass is 306 g/mol. The molecule has 2 fully saturated rings. The van der Waals surface area contributed by atoms with Crippen LogP contribution in [0.2, 0.25) is 0 Å². The van der Waals surface area contributed by atoms with Gasteiger partial charge in [0.1, 0.15) is 6.17 Å². The van der Waals surface area contributed by atoms with Crippen LogP contribution in [0.25, 0.3) is 0 Å². The van der Waals surface area contributed by atoms with Gasteiger partial charge in [0.05, 0.1) is 5.54 Å². The normalized spacial score (nSPS) is 37.2. The molecule has 116 valence electrons. The van der Waals surface area contributed by atoms with Crippen molar-refractivity contribution in [2.75, 3.05) is 0 Å². The molecule has 1 aliphatic carbocycles. The third-order valence-corrected chi connectivity index (χ3v) is 6.09. The maximum absolute atomic E-state index is 13.0. The quantitative estimate of drug-likeness (QED) is 0.918. The average molecular weight is 306 g/mol. The molecule has 1 saturated carbocycles. The van der Waals surface area contributed by atoms with Crippen molar-refractivity contribution in [2.24, 2.45) is 5.92 Å². The van der Waals surface area contributed by atoms with Gasteiger partial charge in [-0.1, -0.05) is 13.8 Å². The van der Waals surface area contributed by atoms with Gasteiger partial charge in [-0.2, -0.15) is 11.3 Å². The van der Waals surface area contributed by atoms with Crippen LogP contribution < -0.4 is 5.32 Å². The molecule has 1 N–H and O–H groups in total. The van der Waals surface area contributed by atoms with Crippen LogP contribution in [0.1, 0.15) is 64.6 Å². The van der Waals surface area contributed by atoms with Crippen molar-refractivity contribution in [3.8, 4) is 0 Å². The predicted molar refractivity (Wildman–Crippen MR) is 87.2 cm³/mol. The highest BCUT2D eigenvalue weighted by molar-refractivity contribution is 7.07. The maximum Gasteiger partial charge on any atom is 0.244 e. The summed E-state index contributed by atoms with van der Waals surface area (Å²) in [6.07, 6.45) is 5.68. The summed E-state index contributed by atoms with van der Waals surface area (Å²) in [5, 5.41) is 7.88. The number of nitrogens with zero attached hydrogens (tertiary/aromatic N) is 1. The molecule has 1 amide bonds. The van der Waals surface area contributed by atoms with Crippen molar-refractivity contribution in [3.05, 3.63) is 22.4 Å². The SMILES string of the molecule is CCC1(C)NC(c2ccsc2)N(C2CCC(C)CC2)C1=O. The minimum absolute atomic E-state index is 0.0621. The van der Waals surface area contributed by atoms with Gasteiger partial charge in [0.15, 0.2) is 0 Å². The van der Waals surface area contributed by atoms with E-state index in [-0.39, 0.29) is 6.17 Å². The second-order valence-corrected chi connectivity index (χ2v) is 7.70. The summed E-state index contributed by atoms with van der Waals surface area (Å²) in [6.45, 7) is 6.48. The lowest BCUT2D eigenvalue weighted by atomic mass is 9.86. The van der Waals surface area contributed by atoms with Crippen LogP contribution in [0.15, 0.2) is 16.8 Å². The van der Waals surface area contributed by atoms with Crippen molar-refractivity contribution >= 4 is 17.2 Å². The molecule has 2 heterocycles. The lowest BCUT2D eigenvalue weighted by Crippen LogP contribution is -2.45. The molecule has 2 unspecified atom stereocenters. The highest BCUT2D eigenvalue weighted by Gasteiger charge is 2.49. The molecule has 2 atom stereocenters. The standard InChI is InChI=1S/C17H26N2OS/c1-4-17(3)16(20)19(14-7-5-12(2)6-8-14)15(18-17)13-9-10-21-11-13/h9-12,14-15,18H,4-8H2,1-3H3. The van der Waals surface area contributed by atoms with Crippen LogP contribution in [0.4, 0.5) is 0 Å². The molecule has 3 nitrogen and oxygen atoms in total. The zero-order chi connectivity index (χ0) is 15.0. The summed E-state index contributed by atoms with van der Waals surface area (Å²) in [7, 11) is 0. The largest absolute Gasteiger partial charge is 0.318 e. The minimum atomic E-state index is -0.407. The number of amides is 1. The first-order valence-corrected chi connectivity index (χ1v) is 9.12. The lowest BCUT2D eigenvalue weighted by Gasteiger charge is -2.37. The van der Waals surface area contributed by atoms with Gasteiger partial charge in [-0.15, -0.1) is 0 Å². The summed E-state index contributed by atoms with van der Waals surface area (Å²) in [4.78, 5) is 15.2. The van der Waals surface area contributed by atoms with Gasteiger partial charge < -0.3 is 4.90 Å². The van der Waals surface area contributed by atoms with Crippen LogP contribution in [0.5, 0.6) is 0 Å². The Hall–Kier alpha value is -0.870. The molecule has 21 heavy (non-hydrogen) atoms. The van der Waals surface area contributed by atoms with E-state index in [0.717, 1.165) is 25.2 Å². The van der Waals surface area contributed by atoms with E-state index < -0.39 is 5.54 Å². The van der Waals surface area contributed by atoms with E-state index in [2.05, 4.69) is 47.8 Å².